The topological polar surface area (TPSA) is 230 Å². The standard InChI is InChI=1S/C33H34ClN11O6S/c1-51-33(48)37-22-8-9-23-26(17-22)38-25(32(47)44-12-14-52(49,50)15-13-44)5-3-2-4-24(31-40-27(18-35)30(23)41-31)39-29(46)11-6-20-16-21(34)7-10-28(20)45-19-36-42-43-45/h6-11,16-17,19,24-25,38H,2-5,12-15H2,1H3,(H,37,48)(H,39,46)(H,40,41)/b11-6+/t24-,25+/m0/s1. The number of amides is 3. The minimum atomic E-state index is -3.23. The minimum absolute atomic E-state index is 0.0749. The third kappa shape index (κ3) is 8.38. The van der Waals surface area contributed by atoms with Crippen LogP contribution < -0.4 is 16.0 Å². The van der Waals surface area contributed by atoms with Crippen molar-refractivity contribution in [2.45, 2.75) is 37.8 Å². The van der Waals surface area contributed by atoms with Gasteiger partial charge in [-0.15, -0.1) is 5.10 Å². The number of methoxy groups -OCH3 is 1. The number of tetrazole rings is 1. The molecule has 0 radical (unpaired) electrons. The van der Waals surface area contributed by atoms with Gasteiger partial charge in [0.25, 0.3) is 0 Å². The zero-order chi connectivity index (χ0) is 36.8. The maximum atomic E-state index is 13.9. The molecule has 2 aliphatic rings. The van der Waals surface area contributed by atoms with Crippen molar-refractivity contribution >= 4 is 56.8 Å². The van der Waals surface area contributed by atoms with Crippen LogP contribution in [0.15, 0.2) is 48.8 Å². The highest BCUT2D eigenvalue weighted by Crippen LogP contribution is 2.35. The van der Waals surface area contributed by atoms with Gasteiger partial charge in [0.05, 0.1) is 30.3 Å². The monoisotopic (exact) mass is 747 g/mol. The van der Waals surface area contributed by atoms with E-state index in [1.54, 1.807) is 42.5 Å². The lowest BCUT2D eigenvalue weighted by atomic mass is 10.0. The summed E-state index contributed by atoms with van der Waals surface area (Å²) >= 11 is 6.24. The predicted octanol–water partition coefficient (Wildman–Crippen LogP) is 3.24. The number of carbonyl (C=O) groups excluding carboxylic acids is 3. The highest BCUT2D eigenvalue weighted by Gasteiger charge is 2.31. The second-order valence-electron chi connectivity index (χ2n) is 12.1. The van der Waals surface area contributed by atoms with E-state index in [4.69, 9.17) is 21.3 Å². The van der Waals surface area contributed by atoms with Gasteiger partial charge in [-0.05, 0) is 65.7 Å². The van der Waals surface area contributed by atoms with Crippen LogP contribution in [-0.2, 0) is 24.2 Å². The zero-order valence-electron chi connectivity index (χ0n) is 27.9. The van der Waals surface area contributed by atoms with Crippen molar-refractivity contribution in [1.29, 1.82) is 5.26 Å². The lowest BCUT2D eigenvalue weighted by Crippen LogP contribution is -2.49. The van der Waals surface area contributed by atoms with Gasteiger partial charge in [0.15, 0.2) is 9.84 Å². The Bertz CT molecular complexity index is 2150. The number of carbonyl (C=O) groups is 3. The van der Waals surface area contributed by atoms with E-state index in [1.165, 1.54) is 29.1 Å². The van der Waals surface area contributed by atoms with Gasteiger partial charge in [-0.1, -0.05) is 24.4 Å². The van der Waals surface area contributed by atoms with Gasteiger partial charge in [-0.25, -0.2) is 18.2 Å². The van der Waals surface area contributed by atoms with Crippen molar-refractivity contribution in [2.75, 3.05) is 42.3 Å². The number of nitriles is 1. The minimum Gasteiger partial charge on any atom is -0.453 e. The Hall–Kier alpha value is -5.80. The molecule has 2 aliphatic heterocycles. The number of hydrogen-bond donors (Lipinski definition) is 4. The number of imidazole rings is 1. The number of fused-ring (bicyclic) bond motifs is 4. The number of ether oxygens (including phenoxy) is 1. The highest BCUT2D eigenvalue weighted by atomic mass is 35.5. The summed E-state index contributed by atoms with van der Waals surface area (Å²) in [5.74, 6) is -0.600. The fraction of sp³-hybridized carbons (Fsp3) is 0.333. The summed E-state index contributed by atoms with van der Waals surface area (Å²) in [5, 5.41) is 30.8. The molecule has 4 heterocycles. The quantitative estimate of drug-likeness (QED) is 0.208. The molecule has 17 nitrogen and oxygen atoms in total. The molecule has 2 aromatic heterocycles. The number of nitrogens with one attached hydrogen (secondary N) is 4. The molecular weight excluding hydrogens is 714 g/mol. The Labute approximate surface area is 303 Å². The van der Waals surface area contributed by atoms with E-state index in [9.17, 15) is 28.1 Å². The number of sulfone groups is 1. The van der Waals surface area contributed by atoms with Crippen LogP contribution in [0.5, 0.6) is 0 Å². The average Bonchev–Trinajstić information content (AvgIpc) is 3.82. The van der Waals surface area contributed by atoms with E-state index in [-0.39, 0.29) is 41.9 Å². The van der Waals surface area contributed by atoms with Crippen molar-refractivity contribution < 1.29 is 27.5 Å². The molecule has 2 atom stereocenters. The van der Waals surface area contributed by atoms with Gasteiger partial charge in [0, 0.05) is 46.7 Å². The van der Waals surface area contributed by atoms with E-state index in [0.29, 0.717) is 64.7 Å². The number of anilines is 2. The van der Waals surface area contributed by atoms with Gasteiger partial charge < -0.3 is 25.3 Å². The molecular formula is C33H34ClN11O6S. The van der Waals surface area contributed by atoms with Crippen LogP contribution in [0.2, 0.25) is 5.02 Å². The van der Waals surface area contributed by atoms with E-state index in [1.807, 2.05) is 0 Å². The van der Waals surface area contributed by atoms with Crippen molar-refractivity contribution in [3.05, 3.63) is 70.9 Å². The van der Waals surface area contributed by atoms with Crippen LogP contribution in [0, 0.1) is 11.3 Å². The number of halogens is 1. The normalized spacial score (nSPS) is 18.5. The first-order valence-electron chi connectivity index (χ1n) is 16.3. The van der Waals surface area contributed by atoms with Gasteiger partial charge in [-0.3, -0.25) is 14.9 Å². The second-order valence-corrected chi connectivity index (χ2v) is 14.9. The summed E-state index contributed by atoms with van der Waals surface area (Å²) in [6.07, 6.45) is 5.55. The molecule has 19 heteroatoms. The molecule has 1 saturated heterocycles. The number of nitrogens with zero attached hydrogens (tertiary/aromatic N) is 7. The van der Waals surface area contributed by atoms with Crippen LogP contribution >= 0.6 is 11.6 Å². The Morgan fingerprint density at radius 1 is 1.12 bits per heavy atom. The van der Waals surface area contributed by atoms with Crippen LogP contribution in [0.3, 0.4) is 0 Å². The number of aromatic amines is 1. The van der Waals surface area contributed by atoms with Gasteiger partial charge in [0.1, 0.15) is 35.7 Å². The van der Waals surface area contributed by atoms with E-state index < -0.39 is 33.9 Å². The number of hydrogen-bond acceptors (Lipinski definition) is 12. The molecule has 3 amide bonds. The predicted molar refractivity (Wildman–Crippen MR) is 190 cm³/mol. The Morgan fingerprint density at radius 2 is 1.90 bits per heavy atom. The first kappa shape index (κ1) is 36.0. The molecule has 0 unspecified atom stereocenters. The third-order valence-electron chi connectivity index (χ3n) is 8.71. The third-order valence-corrected chi connectivity index (χ3v) is 10.6. The maximum Gasteiger partial charge on any atom is 0.411 e. The first-order chi connectivity index (χ1) is 25.0. The number of aromatic nitrogens is 6. The summed E-state index contributed by atoms with van der Waals surface area (Å²) in [6, 6.07) is 10.7. The van der Waals surface area contributed by atoms with Crippen LogP contribution in [0.4, 0.5) is 16.2 Å². The fourth-order valence-corrected chi connectivity index (χ4v) is 7.43. The molecule has 52 heavy (non-hydrogen) atoms. The molecule has 6 rings (SSSR count). The molecule has 4 N–H and O–H groups in total. The summed E-state index contributed by atoms with van der Waals surface area (Å²) < 4.78 is 30.4. The molecule has 0 spiro atoms. The Morgan fingerprint density at radius 3 is 2.63 bits per heavy atom. The van der Waals surface area contributed by atoms with Gasteiger partial charge in [0.2, 0.25) is 11.8 Å². The van der Waals surface area contributed by atoms with Gasteiger partial charge >= 0.3 is 6.09 Å². The molecule has 1 fully saturated rings. The molecule has 270 valence electrons. The van der Waals surface area contributed by atoms with Crippen molar-refractivity contribution in [3.63, 3.8) is 0 Å². The number of benzene rings is 2. The zero-order valence-corrected chi connectivity index (χ0v) is 29.4. The van der Waals surface area contributed by atoms with E-state index in [2.05, 4.69) is 42.5 Å². The van der Waals surface area contributed by atoms with E-state index >= 15 is 0 Å². The highest BCUT2D eigenvalue weighted by molar-refractivity contribution is 7.91. The first-order valence-corrected chi connectivity index (χ1v) is 18.5. The average molecular weight is 748 g/mol. The summed E-state index contributed by atoms with van der Waals surface area (Å²) in [4.78, 5) is 48.7. The van der Waals surface area contributed by atoms with Crippen LogP contribution in [0.1, 0.15) is 48.8 Å². The second kappa shape index (κ2) is 15.6. The number of rotatable bonds is 6. The lowest BCUT2D eigenvalue weighted by Gasteiger charge is -2.31. The van der Waals surface area contributed by atoms with E-state index in [0.717, 1.165) is 0 Å². The summed E-state index contributed by atoms with van der Waals surface area (Å²) in [6.45, 7) is 0.150. The Balaban J connectivity index is 1.32. The van der Waals surface area contributed by atoms with Crippen molar-refractivity contribution in [1.82, 2.24) is 40.4 Å². The summed E-state index contributed by atoms with van der Waals surface area (Å²) in [5.41, 5.74) is 2.79. The molecule has 0 saturated carbocycles. The van der Waals surface area contributed by atoms with Crippen LogP contribution in [-0.4, -0.2) is 99.1 Å². The maximum absolute atomic E-state index is 13.9. The van der Waals surface area contributed by atoms with Gasteiger partial charge in [-0.2, -0.15) is 9.94 Å². The molecule has 2 bridgehead atoms. The molecule has 0 aliphatic carbocycles. The number of H-pyrrole nitrogens is 1. The lowest BCUT2D eigenvalue weighted by molar-refractivity contribution is -0.131. The van der Waals surface area contributed by atoms with Crippen molar-refractivity contribution in [2.24, 2.45) is 0 Å². The molecule has 2 aromatic carbocycles. The smallest absolute Gasteiger partial charge is 0.411 e. The summed E-state index contributed by atoms with van der Waals surface area (Å²) in [7, 11) is -1.99. The molecule has 4 aromatic rings. The fourth-order valence-electron chi connectivity index (χ4n) is 6.05. The largest absolute Gasteiger partial charge is 0.453 e. The van der Waals surface area contributed by atoms with Crippen molar-refractivity contribution in [3.8, 4) is 23.0 Å². The SMILES string of the molecule is COC(=O)Nc1ccc2c(c1)N[C@@H](C(=O)N1CCS(=O)(=O)CC1)CCCC[C@H](NC(=O)/C=C/c1cc(Cl)ccc1-n1cnnn1)c1nc-2c(C#N)[nH]1. The van der Waals surface area contributed by atoms with Crippen LogP contribution in [0.25, 0.3) is 23.0 Å². The Kier molecular flexibility index (Phi) is 10.8.